The lowest BCUT2D eigenvalue weighted by molar-refractivity contribution is -0.116. The minimum atomic E-state index is -0.164. The van der Waals surface area contributed by atoms with Gasteiger partial charge < -0.3 is 4.90 Å². The molecule has 0 atom stereocenters. The Hall–Kier alpha value is -2.57. The van der Waals surface area contributed by atoms with E-state index in [9.17, 15) is 9.59 Å². The molecule has 1 aromatic heterocycles. The smallest absolute Gasteiger partial charge is 0.262 e. The fraction of sp³-hybridized carbons (Fsp3) is 0.190. The minimum Gasteiger partial charge on any atom is -0.311 e. The van der Waals surface area contributed by atoms with Crippen LogP contribution in [0.5, 0.6) is 0 Å². The molecule has 0 saturated carbocycles. The fourth-order valence-corrected chi connectivity index (χ4v) is 4.43. The summed E-state index contributed by atoms with van der Waals surface area (Å²) >= 11 is 7.31. The summed E-state index contributed by atoms with van der Waals surface area (Å²) in [7, 11) is 0. The third kappa shape index (κ3) is 3.45. The maximum Gasteiger partial charge on any atom is 0.262 e. The van der Waals surface area contributed by atoms with Crippen molar-refractivity contribution >= 4 is 45.9 Å². The molecule has 0 fully saturated rings. The average Bonchev–Trinajstić information content (AvgIpc) is 3.12. The van der Waals surface area contributed by atoms with Gasteiger partial charge in [-0.05, 0) is 36.2 Å². The molecule has 4 rings (SSSR count). The number of benzene rings is 2. The van der Waals surface area contributed by atoms with E-state index < -0.39 is 0 Å². The van der Waals surface area contributed by atoms with Gasteiger partial charge in [0.25, 0.3) is 5.56 Å². The zero-order chi connectivity index (χ0) is 19.7. The lowest BCUT2D eigenvalue weighted by atomic mass is 10.2. The van der Waals surface area contributed by atoms with Crippen LogP contribution in [-0.4, -0.2) is 27.8 Å². The second-order valence-electron chi connectivity index (χ2n) is 6.47. The average molecular weight is 412 g/mol. The molecular formula is C21H18ClN3O2S. The van der Waals surface area contributed by atoms with Crippen LogP contribution in [0.1, 0.15) is 5.56 Å². The monoisotopic (exact) mass is 411 g/mol. The number of carbonyl (C=O) groups excluding carboxylic acids is 1. The summed E-state index contributed by atoms with van der Waals surface area (Å²) in [4.78, 5) is 32.0. The summed E-state index contributed by atoms with van der Waals surface area (Å²) < 4.78 is 1.54. The first-order valence-electron chi connectivity index (χ1n) is 8.90. The Balaban J connectivity index is 1.62. The molecule has 0 aliphatic carbocycles. The lowest BCUT2D eigenvalue weighted by Crippen LogP contribution is -2.31. The van der Waals surface area contributed by atoms with Gasteiger partial charge in [-0.15, -0.1) is 6.58 Å². The van der Waals surface area contributed by atoms with Crippen LogP contribution >= 0.6 is 23.4 Å². The van der Waals surface area contributed by atoms with Crippen LogP contribution in [0.15, 0.2) is 65.1 Å². The number of aromatic nitrogens is 2. The van der Waals surface area contributed by atoms with E-state index in [1.54, 1.807) is 33.7 Å². The molecule has 5 nitrogen and oxygen atoms in total. The lowest BCUT2D eigenvalue weighted by Gasteiger charge is -2.17. The first kappa shape index (κ1) is 18.8. The Morgan fingerprint density at radius 3 is 2.93 bits per heavy atom. The third-order valence-electron chi connectivity index (χ3n) is 4.71. The number of carbonyl (C=O) groups is 1. The highest BCUT2D eigenvalue weighted by atomic mass is 35.5. The Labute approximate surface area is 171 Å². The number of para-hydroxylation sites is 1. The molecule has 2 aromatic carbocycles. The molecule has 28 heavy (non-hydrogen) atoms. The number of fused-ring (bicyclic) bond motifs is 2. The quantitative estimate of drug-likeness (QED) is 0.363. The van der Waals surface area contributed by atoms with Crippen LogP contribution in [0.4, 0.5) is 5.69 Å². The molecule has 0 radical (unpaired) electrons. The number of hydrogen-bond donors (Lipinski definition) is 0. The van der Waals surface area contributed by atoms with Gasteiger partial charge in [-0.3, -0.25) is 14.2 Å². The highest BCUT2D eigenvalue weighted by molar-refractivity contribution is 7.99. The van der Waals surface area contributed by atoms with Gasteiger partial charge in [0.05, 0.1) is 16.7 Å². The van der Waals surface area contributed by atoms with E-state index in [0.717, 1.165) is 12.1 Å². The first-order chi connectivity index (χ1) is 13.6. The standard InChI is InChI=1S/C21H18ClN3O2S/c1-2-10-25-20(27)16-8-7-15(22)12-17(16)23-21(25)28-13-19(26)24-11-9-14-5-3-4-6-18(14)24/h2-8,12H,1,9-11,13H2. The molecule has 1 aliphatic heterocycles. The normalized spacial score (nSPS) is 13.0. The van der Waals surface area contributed by atoms with Crippen molar-refractivity contribution in [3.8, 4) is 0 Å². The van der Waals surface area contributed by atoms with Gasteiger partial charge in [0, 0.05) is 23.8 Å². The third-order valence-corrected chi connectivity index (χ3v) is 5.90. The van der Waals surface area contributed by atoms with Crippen LogP contribution in [-0.2, 0) is 17.8 Å². The van der Waals surface area contributed by atoms with Crippen LogP contribution < -0.4 is 10.5 Å². The summed E-state index contributed by atoms with van der Waals surface area (Å²) in [6, 6.07) is 13.0. The van der Waals surface area contributed by atoms with Gasteiger partial charge in [-0.25, -0.2) is 4.98 Å². The van der Waals surface area contributed by atoms with Crippen LogP contribution in [0, 0.1) is 0 Å². The van der Waals surface area contributed by atoms with Crippen molar-refractivity contribution in [1.82, 2.24) is 9.55 Å². The van der Waals surface area contributed by atoms with Crippen molar-refractivity contribution in [2.24, 2.45) is 0 Å². The van der Waals surface area contributed by atoms with Crippen LogP contribution in [0.25, 0.3) is 10.9 Å². The zero-order valence-corrected chi connectivity index (χ0v) is 16.7. The van der Waals surface area contributed by atoms with Gasteiger partial charge in [0.2, 0.25) is 5.91 Å². The van der Waals surface area contributed by atoms with Gasteiger partial charge in [-0.1, -0.05) is 47.6 Å². The predicted molar refractivity (Wildman–Crippen MR) is 114 cm³/mol. The van der Waals surface area contributed by atoms with E-state index >= 15 is 0 Å². The predicted octanol–water partition coefficient (Wildman–Crippen LogP) is 3.92. The first-order valence-corrected chi connectivity index (χ1v) is 10.3. The summed E-state index contributed by atoms with van der Waals surface area (Å²) in [6.07, 6.45) is 2.51. The van der Waals surface area contributed by atoms with Crippen molar-refractivity contribution in [2.75, 3.05) is 17.2 Å². The molecular weight excluding hydrogens is 394 g/mol. The Morgan fingerprint density at radius 2 is 2.11 bits per heavy atom. The van der Waals surface area contributed by atoms with E-state index in [0.29, 0.717) is 34.2 Å². The maximum absolute atomic E-state index is 12.8. The van der Waals surface area contributed by atoms with E-state index in [1.165, 1.54) is 17.3 Å². The summed E-state index contributed by atoms with van der Waals surface area (Å²) in [5.41, 5.74) is 2.51. The Kier molecular flexibility index (Phi) is 5.24. The molecule has 1 aliphatic rings. The maximum atomic E-state index is 12.8. The van der Waals surface area contributed by atoms with Crippen molar-refractivity contribution in [3.63, 3.8) is 0 Å². The zero-order valence-electron chi connectivity index (χ0n) is 15.1. The SMILES string of the molecule is C=CCn1c(SCC(=O)N2CCc3ccccc32)nc2cc(Cl)ccc2c1=O. The van der Waals surface area contributed by atoms with Crippen LogP contribution in [0.2, 0.25) is 5.02 Å². The van der Waals surface area contributed by atoms with Gasteiger partial charge in [0.15, 0.2) is 5.16 Å². The second kappa shape index (κ2) is 7.81. The highest BCUT2D eigenvalue weighted by Crippen LogP contribution is 2.29. The van der Waals surface area contributed by atoms with Crippen molar-refractivity contribution < 1.29 is 4.79 Å². The van der Waals surface area contributed by atoms with Crippen molar-refractivity contribution in [3.05, 3.63) is 76.1 Å². The summed E-state index contributed by atoms with van der Waals surface area (Å²) in [5, 5.41) is 1.50. The largest absolute Gasteiger partial charge is 0.311 e. The van der Waals surface area contributed by atoms with E-state index in [2.05, 4.69) is 11.6 Å². The molecule has 3 aromatic rings. The molecule has 0 spiro atoms. The Bertz CT molecular complexity index is 1140. The molecule has 0 N–H and O–H groups in total. The topological polar surface area (TPSA) is 55.2 Å². The summed E-state index contributed by atoms with van der Waals surface area (Å²) in [5.74, 6) is 0.199. The van der Waals surface area contributed by atoms with Crippen molar-refractivity contribution in [1.29, 1.82) is 0 Å². The summed E-state index contributed by atoms with van der Waals surface area (Å²) in [6.45, 7) is 4.73. The van der Waals surface area contributed by atoms with E-state index in [1.807, 2.05) is 24.3 Å². The van der Waals surface area contributed by atoms with Crippen molar-refractivity contribution in [2.45, 2.75) is 18.1 Å². The molecule has 1 amide bonds. The number of halogens is 1. The number of anilines is 1. The number of allylic oxidation sites excluding steroid dienone is 1. The fourth-order valence-electron chi connectivity index (χ4n) is 3.38. The molecule has 2 heterocycles. The van der Waals surface area contributed by atoms with E-state index in [4.69, 9.17) is 11.6 Å². The second-order valence-corrected chi connectivity index (χ2v) is 7.85. The van der Waals surface area contributed by atoms with Gasteiger partial charge >= 0.3 is 0 Å². The number of amides is 1. The number of thioether (sulfide) groups is 1. The minimum absolute atomic E-state index is 0.000503. The molecule has 7 heteroatoms. The van der Waals surface area contributed by atoms with Gasteiger partial charge in [-0.2, -0.15) is 0 Å². The number of hydrogen-bond acceptors (Lipinski definition) is 4. The number of nitrogens with zero attached hydrogens (tertiary/aromatic N) is 3. The molecule has 0 bridgehead atoms. The van der Waals surface area contributed by atoms with Gasteiger partial charge in [0.1, 0.15) is 0 Å². The number of rotatable bonds is 5. The highest BCUT2D eigenvalue weighted by Gasteiger charge is 2.24. The molecule has 142 valence electrons. The Morgan fingerprint density at radius 1 is 1.29 bits per heavy atom. The molecule has 0 unspecified atom stereocenters. The van der Waals surface area contributed by atoms with E-state index in [-0.39, 0.29) is 17.2 Å². The molecule has 0 saturated heterocycles. The van der Waals surface area contributed by atoms with Crippen LogP contribution in [0.3, 0.4) is 0 Å².